The van der Waals surface area contributed by atoms with Crippen LogP contribution in [-0.4, -0.2) is 30.3 Å². The fourth-order valence-corrected chi connectivity index (χ4v) is 1.77. The second kappa shape index (κ2) is 4.54. The van der Waals surface area contributed by atoms with Crippen molar-refractivity contribution >= 4 is 10.0 Å². The summed E-state index contributed by atoms with van der Waals surface area (Å²) < 4.78 is 26.6. The van der Waals surface area contributed by atoms with E-state index >= 15 is 0 Å². The highest BCUT2D eigenvalue weighted by molar-refractivity contribution is 7.89. The van der Waals surface area contributed by atoms with E-state index in [1.807, 2.05) is 0 Å². The average molecular weight is 218 g/mol. The Kier molecular flexibility index (Phi) is 3.62. The topological polar surface area (TPSA) is 90.0 Å². The van der Waals surface area contributed by atoms with Gasteiger partial charge in [-0.1, -0.05) is 0 Å². The van der Waals surface area contributed by atoms with Gasteiger partial charge in [0.1, 0.15) is 5.82 Å². The third-order valence-electron chi connectivity index (χ3n) is 1.76. The third kappa shape index (κ3) is 3.09. The van der Waals surface area contributed by atoms with Crippen LogP contribution >= 0.6 is 0 Å². The first-order valence-corrected chi connectivity index (χ1v) is 5.84. The first-order valence-electron chi connectivity index (χ1n) is 4.19. The van der Waals surface area contributed by atoms with Crippen LogP contribution in [0.1, 0.15) is 5.82 Å². The van der Waals surface area contributed by atoms with Crippen LogP contribution in [0.5, 0.6) is 0 Å². The Balaban J connectivity index is 2.53. The molecule has 3 N–H and O–H groups in total. The molecule has 0 aliphatic heterocycles. The van der Waals surface area contributed by atoms with E-state index in [9.17, 15) is 8.42 Å². The van der Waals surface area contributed by atoms with Gasteiger partial charge >= 0.3 is 0 Å². The molecule has 0 unspecified atom stereocenters. The smallest absolute Gasteiger partial charge is 0.213 e. The lowest BCUT2D eigenvalue weighted by molar-refractivity contribution is 0.577. The van der Waals surface area contributed by atoms with Crippen molar-refractivity contribution < 1.29 is 8.42 Å². The van der Waals surface area contributed by atoms with E-state index < -0.39 is 10.0 Å². The number of aryl methyl sites for hydroxylation is 1. The van der Waals surface area contributed by atoms with Gasteiger partial charge < -0.3 is 10.3 Å². The van der Waals surface area contributed by atoms with Crippen molar-refractivity contribution in [1.29, 1.82) is 0 Å². The van der Waals surface area contributed by atoms with Gasteiger partial charge in [0, 0.05) is 26.0 Å². The minimum absolute atomic E-state index is 0.0581. The predicted molar refractivity (Wildman–Crippen MR) is 52.9 cm³/mol. The molecule has 1 aromatic heterocycles. The zero-order valence-corrected chi connectivity index (χ0v) is 8.79. The summed E-state index contributed by atoms with van der Waals surface area (Å²) in [5.74, 6) is 0.614. The van der Waals surface area contributed by atoms with Gasteiger partial charge in [0.25, 0.3) is 0 Å². The molecule has 0 aliphatic carbocycles. The van der Waals surface area contributed by atoms with Gasteiger partial charge in [0.15, 0.2) is 0 Å². The molecule has 0 fully saturated rings. The van der Waals surface area contributed by atoms with E-state index in [2.05, 4.69) is 9.71 Å². The van der Waals surface area contributed by atoms with E-state index in [4.69, 9.17) is 5.73 Å². The summed E-state index contributed by atoms with van der Waals surface area (Å²) in [6.07, 6.45) is 3.37. The number of hydrogen-bond donors (Lipinski definition) is 2. The molecule has 0 spiro atoms. The summed E-state index contributed by atoms with van der Waals surface area (Å²) in [4.78, 5) is 3.98. The van der Waals surface area contributed by atoms with E-state index in [0.717, 1.165) is 0 Å². The van der Waals surface area contributed by atoms with Gasteiger partial charge in [0.05, 0.1) is 12.3 Å². The van der Waals surface area contributed by atoms with Crippen molar-refractivity contribution in [2.75, 3.05) is 12.3 Å². The number of imidazole rings is 1. The van der Waals surface area contributed by atoms with Gasteiger partial charge in [-0.25, -0.2) is 18.1 Å². The molecule has 0 amide bonds. The van der Waals surface area contributed by atoms with Crippen LogP contribution in [0.2, 0.25) is 0 Å². The Morgan fingerprint density at radius 2 is 2.36 bits per heavy atom. The second-order valence-corrected chi connectivity index (χ2v) is 4.81. The zero-order valence-electron chi connectivity index (χ0n) is 7.97. The highest BCUT2D eigenvalue weighted by Gasteiger charge is 2.09. The second-order valence-electron chi connectivity index (χ2n) is 2.88. The molecule has 80 valence electrons. The van der Waals surface area contributed by atoms with Crippen LogP contribution in [-0.2, 0) is 23.6 Å². The fraction of sp³-hybridized carbons (Fsp3) is 0.571. The number of nitrogens with zero attached hydrogens (tertiary/aromatic N) is 2. The molecule has 1 heterocycles. The number of hydrogen-bond acceptors (Lipinski definition) is 4. The summed E-state index contributed by atoms with van der Waals surface area (Å²) >= 11 is 0. The SMILES string of the molecule is Cn1ccnc1CNS(=O)(=O)CCN. The number of nitrogens with one attached hydrogen (secondary N) is 1. The number of nitrogens with two attached hydrogens (primary N) is 1. The van der Waals surface area contributed by atoms with Crippen LogP contribution in [0.4, 0.5) is 0 Å². The molecular weight excluding hydrogens is 204 g/mol. The van der Waals surface area contributed by atoms with Gasteiger partial charge in [-0.15, -0.1) is 0 Å². The molecule has 0 saturated carbocycles. The Hall–Kier alpha value is -0.920. The Morgan fingerprint density at radius 3 is 2.86 bits per heavy atom. The molecule has 0 saturated heterocycles. The fourth-order valence-electron chi connectivity index (χ4n) is 0.969. The number of aromatic nitrogens is 2. The molecule has 0 bridgehead atoms. The first kappa shape index (κ1) is 11.2. The van der Waals surface area contributed by atoms with Crippen molar-refractivity contribution in [3.05, 3.63) is 18.2 Å². The Bertz CT molecular complexity index is 384. The summed E-state index contributed by atoms with van der Waals surface area (Å²) in [5, 5.41) is 0. The van der Waals surface area contributed by atoms with Crippen molar-refractivity contribution in [3.63, 3.8) is 0 Å². The van der Waals surface area contributed by atoms with Gasteiger partial charge in [-0.3, -0.25) is 0 Å². The van der Waals surface area contributed by atoms with Gasteiger partial charge in [-0.05, 0) is 0 Å². The van der Waals surface area contributed by atoms with E-state index in [-0.39, 0.29) is 18.8 Å². The molecule has 1 aromatic rings. The quantitative estimate of drug-likeness (QED) is 0.649. The van der Waals surface area contributed by atoms with Gasteiger partial charge in [-0.2, -0.15) is 0 Å². The molecule has 0 aromatic carbocycles. The monoisotopic (exact) mass is 218 g/mol. The Morgan fingerprint density at radius 1 is 1.64 bits per heavy atom. The van der Waals surface area contributed by atoms with Crippen LogP contribution in [0.3, 0.4) is 0 Å². The summed E-state index contributed by atoms with van der Waals surface area (Å²) in [5.41, 5.74) is 5.15. The molecule has 6 nitrogen and oxygen atoms in total. The summed E-state index contributed by atoms with van der Waals surface area (Å²) in [6.45, 7) is 0.321. The average Bonchev–Trinajstić information content (AvgIpc) is 2.48. The van der Waals surface area contributed by atoms with Crippen LogP contribution in [0.15, 0.2) is 12.4 Å². The maximum absolute atomic E-state index is 11.2. The molecule has 0 radical (unpaired) electrons. The normalized spacial score (nSPS) is 11.9. The number of sulfonamides is 1. The lowest BCUT2D eigenvalue weighted by atomic mass is 10.6. The van der Waals surface area contributed by atoms with E-state index in [1.165, 1.54) is 0 Å². The summed E-state index contributed by atoms with van der Waals surface area (Å²) in [7, 11) is -1.45. The molecule has 14 heavy (non-hydrogen) atoms. The van der Waals surface area contributed by atoms with Gasteiger partial charge in [0.2, 0.25) is 10.0 Å². The van der Waals surface area contributed by atoms with E-state index in [0.29, 0.717) is 5.82 Å². The highest BCUT2D eigenvalue weighted by atomic mass is 32.2. The first-order chi connectivity index (χ1) is 6.55. The molecular formula is C7H14N4O2S. The molecule has 7 heteroatoms. The van der Waals surface area contributed by atoms with Crippen molar-refractivity contribution in [1.82, 2.24) is 14.3 Å². The van der Waals surface area contributed by atoms with Crippen LogP contribution in [0.25, 0.3) is 0 Å². The maximum atomic E-state index is 11.2. The maximum Gasteiger partial charge on any atom is 0.213 e. The minimum Gasteiger partial charge on any atom is -0.337 e. The molecule has 0 atom stereocenters. The largest absolute Gasteiger partial charge is 0.337 e. The van der Waals surface area contributed by atoms with Crippen LogP contribution in [0, 0.1) is 0 Å². The highest BCUT2D eigenvalue weighted by Crippen LogP contribution is 1.94. The standard InChI is InChI=1S/C7H14N4O2S/c1-11-4-3-9-7(11)6-10-14(12,13)5-2-8/h3-4,10H,2,5-6,8H2,1H3. The Labute approximate surface area is 83.2 Å². The predicted octanol–water partition coefficient (Wildman–Crippen LogP) is -1.20. The lowest BCUT2D eigenvalue weighted by Crippen LogP contribution is -2.30. The number of rotatable bonds is 5. The summed E-state index contributed by atoms with van der Waals surface area (Å²) in [6, 6.07) is 0. The van der Waals surface area contributed by atoms with Crippen molar-refractivity contribution in [2.45, 2.75) is 6.54 Å². The lowest BCUT2D eigenvalue weighted by Gasteiger charge is -2.04. The minimum atomic E-state index is -3.25. The molecule has 0 aliphatic rings. The zero-order chi connectivity index (χ0) is 10.6. The van der Waals surface area contributed by atoms with E-state index in [1.54, 1.807) is 24.0 Å². The van der Waals surface area contributed by atoms with Crippen molar-refractivity contribution in [2.24, 2.45) is 12.8 Å². The van der Waals surface area contributed by atoms with Crippen LogP contribution < -0.4 is 10.5 Å². The molecule has 1 rings (SSSR count). The van der Waals surface area contributed by atoms with Crippen molar-refractivity contribution in [3.8, 4) is 0 Å². The third-order valence-corrected chi connectivity index (χ3v) is 3.12.